The molecule has 0 amide bonds. The lowest BCUT2D eigenvalue weighted by molar-refractivity contribution is 0.175. The number of aliphatic hydroxyl groups excluding tert-OH is 1. The Labute approximate surface area is 140 Å². The first kappa shape index (κ1) is 16.0. The van der Waals surface area contributed by atoms with Crippen LogP contribution in [0.5, 0.6) is 0 Å². The Bertz CT molecular complexity index is 628. The molecule has 20 heavy (non-hydrogen) atoms. The van der Waals surface area contributed by atoms with Gasteiger partial charge in [0.25, 0.3) is 0 Å². The van der Waals surface area contributed by atoms with Gasteiger partial charge in [0, 0.05) is 23.0 Å². The summed E-state index contributed by atoms with van der Waals surface area (Å²) in [7, 11) is 1.89. The first-order chi connectivity index (χ1) is 9.43. The van der Waals surface area contributed by atoms with Crippen LogP contribution in [0.15, 0.2) is 27.1 Å². The van der Waals surface area contributed by atoms with Gasteiger partial charge in [-0.2, -0.15) is 5.10 Å². The molecular formula is C14H15Br2ClN2O. The molecule has 0 radical (unpaired) electrons. The van der Waals surface area contributed by atoms with Crippen molar-refractivity contribution in [1.29, 1.82) is 0 Å². The van der Waals surface area contributed by atoms with E-state index in [0.29, 0.717) is 11.4 Å². The second-order valence-corrected chi connectivity index (χ2v) is 6.65. The van der Waals surface area contributed by atoms with Crippen molar-refractivity contribution >= 4 is 43.5 Å². The average molecular weight is 423 g/mol. The van der Waals surface area contributed by atoms with Gasteiger partial charge in [-0.1, -0.05) is 40.5 Å². The number of benzene rings is 1. The minimum Gasteiger partial charge on any atom is -0.388 e. The van der Waals surface area contributed by atoms with Crippen LogP contribution in [0.1, 0.15) is 30.0 Å². The molecule has 0 saturated heterocycles. The molecule has 0 aliphatic rings. The quantitative estimate of drug-likeness (QED) is 0.791. The minimum atomic E-state index is -0.613. The summed E-state index contributed by atoms with van der Waals surface area (Å²) >= 11 is 12.9. The first-order valence-electron chi connectivity index (χ1n) is 6.27. The van der Waals surface area contributed by atoms with Gasteiger partial charge in [0.05, 0.1) is 22.0 Å². The third-order valence-corrected chi connectivity index (χ3v) is 5.05. The molecule has 1 aromatic heterocycles. The average Bonchev–Trinajstić information content (AvgIpc) is 2.66. The van der Waals surface area contributed by atoms with Gasteiger partial charge in [-0.15, -0.1) is 0 Å². The van der Waals surface area contributed by atoms with E-state index < -0.39 is 6.10 Å². The second-order valence-electron chi connectivity index (χ2n) is 4.57. The van der Waals surface area contributed by atoms with Crippen molar-refractivity contribution in [2.75, 3.05) is 0 Å². The smallest absolute Gasteiger partial charge is 0.0856 e. The summed E-state index contributed by atoms with van der Waals surface area (Å²) in [6.45, 7) is 2.06. The number of rotatable bonds is 4. The zero-order valence-corrected chi connectivity index (χ0v) is 15.1. The van der Waals surface area contributed by atoms with E-state index in [1.165, 1.54) is 0 Å². The van der Waals surface area contributed by atoms with E-state index in [1.54, 1.807) is 12.1 Å². The number of aliphatic hydroxyl groups is 1. The molecule has 0 fully saturated rings. The zero-order valence-electron chi connectivity index (χ0n) is 11.2. The SMILES string of the molecule is CCc1nn(C)c(CC(O)c2ccc(Cl)cc2Br)c1Br. The molecule has 1 heterocycles. The second kappa shape index (κ2) is 6.60. The maximum Gasteiger partial charge on any atom is 0.0856 e. The van der Waals surface area contributed by atoms with Gasteiger partial charge in [-0.25, -0.2) is 0 Å². The number of aryl methyl sites for hydroxylation is 2. The number of hydrogen-bond donors (Lipinski definition) is 1. The predicted octanol–water partition coefficient (Wildman–Crippen LogP) is 4.44. The summed E-state index contributed by atoms with van der Waals surface area (Å²) < 4.78 is 3.61. The summed E-state index contributed by atoms with van der Waals surface area (Å²) in [6.07, 6.45) is 0.734. The molecule has 3 nitrogen and oxygen atoms in total. The lowest BCUT2D eigenvalue weighted by atomic mass is 10.0. The van der Waals surface area contributed by atoms with Crippen molar-refractivity contribution in [2.45, 2.75) is 25.9 Å². The van der Waals surface area contributed by atoms with Crippen LogP contribution in [0.2, 0.25) is 5.02 Å². The fourth-order valence-electron chi connectivity index (χ4n) is 2.11. The highest BCUT2D eigenvalue weighted by molar-refractivity contribution is 9.10. The fraction of sp³-hybridized carbons (Fsp3) is 0.357. The van der Waals surface area contributed by atoms with Crippen molar-refractivity contribution in [3.63, 3.8) is 0 Å². The van der Waals surface area contributed by atoms with Gasteiger partial charge < -0.3 is 5.11 Å². The van der Waals surface area contributed by atoms with Crippen LogP contribution >= 0.6 is 43.5 Å². The first-order valence-corrected chi connectivity index (χ1v) is 8.23. The summed E-state index contributed by atoms with van der Waals surface area (Å²) in [4.78, 5) is 0. The van der Waals surface area contributed by atoms with E-state index in [2.05, 4.69) is 43.9 Å². The number of nitrogens with zero attached hydrogens (tertiary/aromatic N) is 2. The third-order valence-electron chi connectivity index (χ3n) is 3.21. The van der Waals surface area contributed by atoms with E-state index >= 15 is 0 Å². The molecule has 0 bridgehead atoms. The van der Waals surface area contributed by atoms with Crippen molar-refractivity contribution in [1.82, 2.24) is 9.78 Å². The highest BCUT2D eigenvalue weighted by Gasteiger charge is 2.19. The van der Waals surface area contributed by atoms with E-state index in [0.717, 1.165) is 32.3 Å². The van der Waals surface area contributed by atoms with E-state index in [4.69, 9.17) is 11.6 Å². The number of hydrogen-bond acceptors (Lipinski definition) is 2. The summed E-state index contributed by atoms with van der Waals surface area (Å²) in [5, 5.41) is 15.5. The van der Waals surface area contributed by atoms with Crippen LogP contribution in [0.4, 0.5) is 0 Å². The minimum absolute atomic E-state index is 0.490. The van der Waals surface area contributed by atoms with Crippen LogP contribution < -0.4 is 0 Å². The Morgan fingerprint density at radius 1 is 1.40 bits per heavy atom. The fourth-order valence-corrected chi connectivity index (χ4v) is 3.83. The molecule has 0 aliphatic heterocycles. The molecule has 1 atom stereocenters. The Morgan fingerprint density at radius 2 is 2.10 bits per heavy atom. The van der Waals surface area contributed by atoms with Gasteiger partial charge >= 0.3 is 0 Å². The number of halogens is 3. The maximum atomic E-state index is 10.4. The third kappa shape index (κ3) is 3.27. The summed E-state index contributed by atoms with van der Waals surface area (Å²) in [6, 6.07) is 5.40. The molecule has 1 N–H and O–H groups in total. The van der Waals surface area contributed by atoms with Crippen LogP contribution in [0.25, 0.3) is 0 Å². The molecule has 2 rings (SSSR count). The van der Waals surface area contributed by atoms with Gasteiger partial charge in [0.2, 0.25) is 0 Å². The lowest BCUT2D eigenvalue weighted by Gasteiger charge is -2.13. The molecule has 1 aromatic carbocycles. The van der Waals surface area contributed by atoms with E-state index in [-0.39, 0.29) is 0 Å². The van der Waals surface area contributed by atoms with Gasteiger partial charge in [-0.3, -0.25) is 4.68 Å². The lowest BCUT2D eigenvalue weighted by Crippen LogP contribution is -2.07. The van der Waals surface area contributed by atoms with Crippen LogP contribution in [-0.2, 0) is 19.9 Å². The summed E-state index contributed by atoms with van der Waals surface area (Å²) in [5.41, 5.74) is 2.81. The maximum absolute atomic E-state index is 10.4. The van der Waals surface area contributed by atoms with E-state index in [9.17, 15) is 5.11 Å². The summed E-state index contributed by atoms with van der Waals surface area (Å²) in [5.74, 6) is 0. The Balaban J connectivity index is 2.27. The van der Waals surface area contributed by atoms with Gasteiger partial charge in [0.1, 0.15) is 0 Å². The number of aromatic nitrogens is 2. The van der Waals surface area contributed by atoms with Crippen molar-refractivity contribution in [3.8, 4) is 0 Å². The van der Waals surface area contributed by atoms with E-state index in [1.807, 2.05) is 17.8 Å². The predicted molar refractivity (Wildman–Crippen MR) is 88.1 cm³/mol. The monoisotopic (exact) mass is 420 g/mol. The molecule has 0 saturated carbocycles. The molecule has 2 aromatic rings. The zero-order chi connectivity index (χ0) is 14.9. The van der Waals surface area contributed by atoms with Crippen molar-refractivity contribution < 1.29 is 5.11 Å². The molecule has 0 spiro atoms. The van der Waals surface area contributed by atoms with Gasteiger partial charge in [-0.05, 0) is 40.0 Å². The van der Waals surface area contributed by atoms with Crippen LogP contribution in [0.3, 0.4) is 0 Å². The van der Waals surface area contributed by atoms with Crippen LogP contribution in [0, 0.1) is 0 Å². The Kier molecular flexibility index (Phi) is 5.29. The van der Waals surface area contributed by atoms with Crippen LogP contribution in [-0.4, -0.2) is 14.9 Å². The van der Waals surface area contributed by atoms with Crippen molar-refractivity contribution in [2.24, 2.45) is 7.05 Å². The van der Waals surface area contributed by atoms with Gasteiger partial charge in [0.15, 0.2) is 0 Å². The van der Waals surface area contributed by atoms with Crippen molar-refractivity contribution in [3.05, 3.63) is 49.1 Å². The Morgan fingerprint density at radius 3 is 2.65 bits per heavy atom. The largest absolute Gasteiger partial charge is 0.388 e. The molecule has 6 heteroatoms. The molecule has 108 valence electrons. The normalized spacial score (nSPS) is 12.7. The topological polar surface area (TPSA) is 38.0 Å². The highest BCUT2D eigenvalue weighted by Crippen LogP contribution is 2.31. The Hall–Kier alpha value is -0.360. The standard InChI is InChI=1S/C14H15Br2ClN2O/c1-3-11-14(16)12(19(2)18-11)7-13(20)9-5-4-8(17)6-10(9)15/h4-6,13,20H,3,7H2,1-2H3. The molecular weight excluding hydrogens is 407 g/mol. The molecule has 1 unspecified atom stereocenters. The molecule has 0 aliphatic carbocycles. The highest BCUT2D eigenvalue weighted by atomic mass is 79.9.